The molecule has 3 rings (SSSR count). The van der Waals surface area contributed by atoms with Gasteiger partial charge in [-0.3, -0.25) is 4.79 Å². The van der Waals surface area contributed by atoms with E-state index in [0.717, 1.165) is 11.1 Å². The van der Waals surface area contributed by atoms with Crippen molar-refractivity contribution in [2.45, 2.75) is 51.3 Å². The lowest BCUT2D eigenvalue weighted by atomic mass is 10.1. The van der Waals surface area contributed by atoms with Gasteiger partial charge in [0.1, 0.15) is 0 Å². The van der Waals surface area contributed by atoms with Gasteiger partial charge in [0.05, 0.1) is 17.1 Å². The zero-order chi connectivity index (χ0) is 21.2. The third kappa shape index (κ3) is 5.23. The molecule has 0 radical (unpaired) electrons. The number of nitrogens with zero attached hydrogens (tertiary/aromatic N) is 1. The second kappa shape index (κ2) is 8.65. The first-order chi connectivity index (χ1) is 13.7. The van der Waals surface area contributed by atoms with Crippen molar-refractivity contribution in [2.24, 2.45) is 0 Å². The van der Waals surface area contributed by atoms with Crippen molar-refractivity contribution in [1.29, 1.82) is 0 Å². The first kappa shape index (κ1) is 21.5. The van der Waals surface area contributed by atoms with Crippen LogP contribution in [0.5, 0.6) is 0 Å². The molecule has 0 spiro atoms. The number of aryl methyl sites for hydroxylation is 2. The van der Waals surface area contributed by atoms with Crippen LogP contribution in [0.25, 0.3) is 0 Å². The molecule has 2 atom stereocenters. The van der Waals surface area contributed by atoms with Crippen molar-refractivity contribution in [1.82, 2.24) is 9.62 Å². The maximum Gasteiger partial charge on any atom is 0.254 e. The zero-order valence-corrected chi connectivity index (χ0v) is 18.1. The SMILES string of the molecule is Cc1ccc(C)c(S(=O)(=O)NCc2ccc(C(=O)N3C[C@@H](C)O[C@H](C)C3)cc2)c1. The van der Waals surface area contributed by atoms with E-state index < -0.39 is 10.0 Å². The summed E-state index contributed by atoms with van der Waals surface area (Å²) in [6, 6.07) is 12.4. The quantitative estimate of drug-likeness (QED) is 0.813. The standard InChI is InChI=1S/C22H28N2O4S/c1-15-5-6-16(2)21(11-15)29(26,27)23-12-19-7-9-20(10-8-19)22(25)24-13-17(3)28-18(4)14-24/h5-11,17-18,23H,12-14H2,1-4H3/t17-,18-/m1/s1. The predicted octanol–water partition coefficient (Wildman–Crippen LogP) is 3.03. The van der Waals surface area contributed by atoms with E-state index in [9.17, 15) is 13.2 Å². The largest absolute Gasteiger partial charge is 0.372 e. The van der Waals surface area contributed by atoms with E-state index in [1.165, 1.54) is 0 Å². The van der Waals surface area contributed by atoms with Crippen LogP contribution in [0, 0.1) is 13.8 Å². The summed E-state index contributed by atoms with van der Waals surface area (Å²) >= 11 is 0. The van der Waals surface area contributed by atoms with Crippen molar-refractivity contribution < 1.29 is 17.9 Å². The highest BCUT2D eigenvalue weighted by atomic mass is 32.2. The van der Waals surface area contributed by atoms with Crippen molar-refractivity contribution in [3.05, 3.63) is 64.7 Å². The molecular weight excluding hydrogens is 388 g/mol. The summed E-state index contributed by atoms with van der Waals surface area (Å²) in [6.45, 7) is 8.87. The molecule has 1 aliphatic heterocycles. The molecule has 2 aromatic carbocycles. The van der Waals surface area contributed by atoms with Crippen LogP contribution >= 0.6 is 0 Å². The highest BCUT2D eigenvalue weighted by Crippen LogP contribution is 2.18. The number of ether oxygens (including phenoxy) is 1. The van der Waals surface area contributed by atoms with Gasteiger partial charge in [-0.25, -0.2) is 13.1 Å². The van der Waals surface area contributed by atoms with Crippen LogP contribution in [-0.4, -0.2) is 44.5 Å². The molecule has 0 unspecified atom stereocenters. The zero-order valence-electron chi connectivity index (χ0n) is 17.3. The van der Waals surface area contributed by atoms with Crippen molar-refractivity contribution in [3.8, 4) is 0 Å². The number of benzene rings is 2. The summed E-state index contributed by atoms with van der Waals surface area (Å²) in [7, 11) is -3.61. The van der Waals surface area contributed by atoms with E-state index in [0.29, 0.717) is 29.1 Å². The Morgan fingerprint density at radius 3 is 2.31 bits per heavy atom. The van der Waals surface area contributed by atoms with E-state index in [-0.39, 0.29) is 24.7 Å². The number of nitrogens with one attached hydrogen (secondary N) is 1. The molecule has 0 aliphatic carbocycles. The van der Waals surface area contributed by atoms with Gasteiger partial charge in [0.25, 0.3) is 5.91 Å². The lowest BCUT2D eigenvalue weighted by Gasteiger charge is -2.35. The molecule has 0 bridgehead atoms. The highest BCUT2D eigenvalue weighted by Gasteiger charge is 2.26. The Kier molecular flexibility index (Phi) is 6.41. The summed E-state index contributed by atoms with van der Waals surface area (Å²) in [6.07, 6.45) is 0.0305. The number of hydrogen-bond donors (Lipinski definition) is 1. The van der Waals surface area contributed by atoms with E-state index in [1.807, 2.05) is 26.8 Å². The average Bonchev–Trinajstić information content (AvgIpc) is 2.67. The lowest BCUT2D eigenvalue weighted by Crippen LogP contribution is -2.48. The number of amides is 1. The molecule has 156 valence electrons. The monoisotopic (exact) mass is 416 g/mol. The van der Waals surface area contributed by atoms with Gasteiger partial charge in [0.2, 0.25) is 10.0 Å². The maximum atomic E-state index is 12.7. The van der Waals surface area contributed by atoms with Crippen LogP contribution in [0.4, 0.5) is 0 Å². The minimum Gasteiger partial charge on any atom is -0.372 e. The molecule has 0 saturated carbocycles. The van der Waals surface area contributed by atoms with Gasteiger partial charge in [-0.2, -0.15) is 0 Å². The number of carbonyl (C=O) groups excluding carboxylic acids is 1. The van der Waals surface area contributed by atoms with Crippen LogP contribution in [0.2, 0.25) is 0 Å². The molecular formula is C22H28N2O4S. The Morgan fingerprint density at radius 1 is 1.07 bits per heavy atom. The fourth-order valence-corrected chi connectivity index (χ4v) is 4.89. The molecule has 1 fully saturated rings. The molecule has 2 aromatic rings. The number of carbonyl (C=O) groups is 1. The third-order valence-electron chi connectivity index (χ3n) is 5.01. The summed E-state index contributed by atoms with van der Waals surface area (Å²) in [5.41, 5.74) is 2.98. The maximum absolute atomic E-state index is 12.7. The van der Waals surface area contributed by atoms with Crippen LogP contribution in [0.15, 0.2) is 47.4 Å². The van der Waals surface area contributed by atoms with Crippen LogP contribution in [-0.2, 0) is 21.3 Å². The number of sulfonamides is 1. The average molecular weight is 417 g/mol. The normalized spacial score (nSPS) is 19.9. The topological polar surface area (TPSA) is 75.7 Å². The number of morpholine rings is 1. The van der Waals surface area contributed by atoms with Crippen molar-refractivity contribution in [3.63, 3.8) is 0 Å². The summed E-state index contributed by atoms with van der Waals surface area (Å²) < 4.78 is 33.6. The fraction of sp³-hybridized carbons (Fsp3) is 0.409. The minimum absolute atomic E-state index is 0.0152. The Labute approximate surface area is 172 Å². The molecule has 0 aromatic heterocycles. The van der Waals surface area contributed by atoms with Crippen LogP contribution < -0.4 is 4.72 Å². The van der Waals surface area contributed by atoms with Crippen molar-refractivity contribution in [2.75, 3.05) is 13.1 Å². The predicted molar refractivity (Wildman–Crippen MR) is 112 cm³/mol. The summed E-state index contributed by atoms with van der Waals surface area (Å²) in [4.78, 5) is 14.8. The molecule has 6 nitrogen and oxygen atoms in total. The van der Waals surface area contributed by atoms with E-state index in [2.05, 4.69) is 4.72 Å². The van der Waals surface area contributed by atoms with Gasteiger partial charge in [0, 0.05) is 25.2 Å². The number of hydrogen-bond acceptors (Lipinski definition) is 4. The number of rotatable bonds is 5. The highest BCUT2D eigenvalue weighted by molar-refractivity contribution is 7.89. The van der Waals surface area contributed by atoms with E-state index in [4.69, 9.17) is 4.74 Å². The summed E-state index contributed by atoms with van der Waals surface area (Å²) in [5.74, 6) is -0.0329. The first-order valence-corrected chi connectivity index (χ1v) is 11.2. The molecule has 1 N–H and O–H groups in total. The van der Waals surface area contributed by atoms with Gasteiger partial charge in [-0.15, -0.1) is 0 Å². The fourth-order valence-electron chi connectivity index (χ4n) is 3.54. The van der Waals surface area contributed by atoms with Gasteiger partial charge >= 0.3 is 0 Å². The Balaban J connectivity index is 1.66. The van der Waals surface area contributed by atoms with Crippen molar-refractivity contribution >= 4 is 15.9 Å². The lowest BCUT2D eigenvalue weighted by molar-refractivity contribution is -0.0586. The van der Waals surface area contributed by atoms with Gasteiger partial charge < -0.3 is 9.64 Å². The molecule has 1 heterocycles. The van der Waals surface area contributed by atoms with E-state index in [1.54, 1.807) is 48.2 Å². The molecule has 29 heavy (non-hydrogen) atoms. The van der Waals surface area contributed by atoms with Gasteiger partial charge in [0.15, 0.2) is 0 Å². The van der Waals surface area contributed by atoms with Gasteiger partial charge in [-0.05, 0) is 62.6 Å². The first-order valence-electron chi connectivity index (χ1n) is 9.76. The molecule has 7 heteroatoms. The minimum atomic E-state index is -3.61. The van der Waals surface area contributed by atoms with E-state index >= 15 is 0 Å². The molecule has 1 aliphatic rings. The Bertz CT molecular complexity index is 976. The summed E-state index contributed by atoms with van der Waals surface area (Å²) in [5, 5.41) is 0. The Hall–Kier alpha value is -2.22. The van der Waals surface area contributed by atoms with Gasteiger partial charge in [-0.1, -0.05) is 24.3 Å². The van der Waals surface area contributed by atoms with Crippen LogP contribution in [0.3, 0.4) is 0 Å². The molecule has 1 amide bonds. The third-order valence-corrected chi connectivity index (χ3v) is 6.55. The van der Waals surface area contributed by atoms with Crippen LogP contribution in [0.1, 0.15) is 40.9 Å². The molecule has 1 saturated heterocycles. The second-order valence-electron chi connectivity index (χ2n) is 7.76. The Morgan fingerprint density at radius 2 is 1.69 bits per heavy atom. The smallest absolute Gasteiger partial charge is 0.254 e. The second-order valence-corrected chi connectivity index (χ2v) is 9.49.